The summed E-state index contributed by atoms with van der Waals surface area (Å²) in [5.74, 6) is -0.0220. The Kier molecular flexibility index (Phi) is 9.18. The van der Waals surface area contributed by atoms with Gasteiger partial charge >= 0.3 is 0 Å². The summed E-state index contributed by atoms with van der Waals surface area (Å²) in [4.78, 5) is 13.0. The Morgan fingerprint density at radius 1 is 1.44 bits per heavy atom. The molecule has 0 aliphatic rings. The Hall–Kier alpha value is -0.650. The van der Waals surface area contributed by atoms with E-state index in [1.54, 1.807) is 7.05 Å². The van der Waals surface area contributed by atoms with E-state index in [1.807, 2.05) is 6.92 Å². The van der Waals surface area contributed by atoms with E-state index in [2.05, 4.69) is 0 Å². The lowest BCUT2D eigenvalue weighted by molar-refractivity contribution is -0.132. The average Bonchev–Trinajstić information content (AvgIpc) is 2.24. The molecule has 0 aromatic rings. The molecule has 0 bridgehead atoms. The smallest absolute Gasteiger partial charge is 0.224 e. The lowest BCUT2D eigenvalue weighted by Crippen LogP contribution is -2.36. The number of amides is 1. The van der Waals surface area contributed by atoms with E-state index in [4.69, 9.17) is 9.47 Å². The fourth-order valence-corrected chi connectivity index (χ4v) is 1.26. The van der Waals surface area contributed by atoms with Crippen molar-refractivity contribution < 1.29 is 19.4 Å². The zero-order valence-corrected chi connectivity index (χ0v) is 10.4. The number of ether oxygens (including phenoxy) is 2. The van der Waals surface area contributed by atoms with Gasteiger partial charge in [0.05, 0.1) is 25.7 Å². The summed E-state index contributed by atoms with van der Waals surface area (Å²) >= 11 is 0. The van der Waals surface area contributed by atoms with Crippen molar-refractivity contribution in [2.24, 2.45) is 0 Å². The molecule has 16 heavy (non-hydrogen) atoms. The summed E-state index contributed by atoms with van der Waals surface area (Å²) in [6, 6.07) is 0. The van der Waals surface area contributed by atoms with E-state index in [9.17, 15) is 9.90 Å². The topological polar surface area (TPSA) is 59.0 Å². The third-order valence-electron chi connectivity index (χ3n) is 2.08. The first-order valence-electron chi connectivity index (χ1n) is 5.60. The van der Waals surface area contributed by atoms with Crippen molar-refractivity contribution in [3.8, 4) is 0 Å². The number of aliphatic hydroxyl groups is 1. The largest absolute Gasteiger partial charge is 0.389 e. The third kappa shape index (κ3) is 7.62. The number of aliphatic hydroxyl groups excluding tert-OH is 1. The first kappa shape index (κ1) is 15.3. The van der Waals surface area contributed by atoms with E-state index in [0.717, 1.165) is 6.42 Å². The zero-order valence-electron chi connectivity index (χ0n) is 10.4. The Morgan fingerprint density at radius 3 is 2.69 bits per heavy atom. The Labute approximate surface area is 97.3 Å². The fourth-order valence-electron chi connectivity index (χ4n) is 1.26. The van der Waals surface area contributed by atoms with Crippen LogP contribution in [-0.2, 0) is 14.3 Å². The first-order valence-corrected chi connectivity index (χ1v) is 5.60. The van der Waals surface area contributed by atoms with Gasteiger partial charge in [0.15, 0.2) is 0 Å². The van der Waals surface area contributed by atoms with Crippen LogP contribution >= 0.6 is 0 Å². The second kappa shape index (κ2) is 9.57. The fraction of sp³-hybridized carbons (Fsp3) is 0.909. The van der Waals surface area contributed by atoms with Crippen molar-refractivity contribution in [1.82, 2.24) is 4.90 Å². The number of likely N-dealkylation sites (N-methyl/N-ethyl adjacent to an activating group) is 1. The predicted molar refractivity (Wildman–Crippen MR) is 61.2 cm³/mol. The van der Waals surface area contributed by atoms with Crippen LogP contribution in [0.15, 0.2) is 0 Å². The molecule has 0 aromatic carbocycles. The number of hydrogen-bond donors (Lipinski definition) is 1. The monoisotopic (exact) mass is 233 g/mol. The van der Waals surface area contributed by atoms with Crippen molar-refractivity contribution in [3.63, 3.8) is 0 Å². The second-order valence-electron chi connectivity index (χ2n) is 3.75. The molecule has 1 atom stereocenters. The van der Waals surface area contributed by atoms with Crippen LogP contribution in [0.4, 0.5) is 0 Å². The molecule has 96 valence electrons. The van der Waals surface area contributed by atoms with Crippen LogP contribution in [0.1, 0.15) is 19.8 Å². The molecule has 0 aliphatic carbocycles. The average molecular weight is 233 g/mol. The van der Waals surface area contributed by atoms with Crippen LogP contribution in [-0.4, -0.2) is 62.5 Å². The highest BCUT2D eigenvalue weighted by atomic mass is 16.5. The maximum atomic E-state index is 11.5. The summed E-state index contributed by atoms with van der Waals surface area (Å²) < 4.78 is 10.0. The minimum absolute atomic E-state index is 0.0220. The van der Waals surface area contributed by atoms with Gasteiger partial charge in [-0.1, -0.05) is 6.92 Å². The lowest BCUT2D eigenvalue weighted by Gasteiger charge is -2.20. The molecule has 0 heterocycles. The minimum Gasteiger partial charge on any atom is -0.389 e. The maximum absolute atomic E-state index is 11.5. The molecular formula is C11H23NO4. The number of carbonyl (C=O) groups excluding carboxylic acids is 1. The molecular weight excluding hydrogens is 210 g/mol. The molecule has 0 spiro atoms. The van der Waals surface area contributed by atoms with Gasteiger partial charge in [-0.2, -0.15) is 0 Å². The number of carbonyl (C=O) groups is 1. The van der Waals surface area contributed by atoms with Crippen LogP contribution < -0.4 is 0 Å². The summed E-state index contributed by atoms with van der Waals surface area (Å²) in [6.45, 7) is 3.68. The normalized spacial score (nSPS) is 12.5. The molecule has 5 heteroatoms. The van der Waals surface area contributed by atoms with Gasteiger partial charge in [-0.05, 0) is 6.42 Å². The van der Waals surface area contributed by atoms with Gasteiger partial charge in [0.2, 0.25) is 5.91 Å². The SMILES string of the molecule is CCCOCCC(=O)N(C)CC(O)COC. The quantitative estimate of drug-likeness (QED) is 0.581. The van der Waals surface area contributed by atoms with Gasteiger partial charge in [-0.25, -0.2) is 0 Å². The van der Waals surface area contributed by atoms with E-state index in [1.165, 1.54) is 12.0 Å². The second-order valence-corrected chi connectivity index (χ2v) is 3.75. The highest BCUT2D eigenvalue weighted by Crippen LogP contribution is 1.95. The summed E-state index contributed by atoms with van der Waals surface area (Å²) in [7, 11) is 3.19. The van der Waals surface area contributed by atoms with Crippen molar-refractivity contribution in [2.45, 2.75) is 25.9 Å². The van der Waals surface area contributed by atoms with Crippen LogP contribution in [0.3, 0.4) is 0 Å². The number of rotatable bonds is 9. The van der Waals surface area contributed by atoms with Crippen molar-refractivity contribution in [2.75, 3.05) is 40.5 Å². The molecule has 0 rings (SSSR count). The first-order chi connectivity index (χ1) is 7.61. The highest BCUT2D eigenvalue weighted by Gasteiger charge is 2.13. The molecule has 1 amide bonds. The van der Waals surface area contributed by atoms with E-state index in [0.29, 0.717) is 26.2 Å². The number of hydrogen-bond acceptors (Lipinski definition) is 4. The van der Waals surface area contributed by atoms with Gasteiger partial charge in [-0.15, -0.1) is 0 Å². The standard InChI is InChI=1S/C11H23NO4/c1-4-6-16-7-5-11(14)12(2)8-10(13)9-15-3/h10,13H,4-9H2,1-3H3. The summed E-state index contributed by atoms with van der Waals surface area (Å²) in [6.07, 6.45) is 0.683. The maximum Gasteiger partial charge on any atom is 0.224 e. The molecule has 0 saturated heterocycles. The van der Waals surface area contributed by atoms with E-state index >= 15 is 0 Å². The van der Waals surface area contributed by atoms with E-state index < -0.39 is 6.10 Å². The predicted octanol–water partition coefficient (Wildman–Crippen LogP) is 0.269. The van der Waals surface area contributed by atoms with Crippen molar-refractivity contribution in [3.05, 3.63) is 0 Å². The highest BCUT2D eigenvalue weighted by molar-refractivity contribution is 5.75. The molecule has 5 nitrogen and oxygen atoms in total. The van der Waals surface area contributed by atoms with Gasteiger partial charge < -0.3 is 19.5 Å². The summed E-state index contributed by atoms with van der Waals surface area (Å²) in [5.41, 5.74) is 0. The summed E-state index contributed by atoms with van der Waals surface area (Å²) in [5, 5.41) is 9.43. The van der Waals surface area contributed by atoms with Crippen molar-refractivity contribution >= 4 is 5.91 Å². The molecule has 0 aromatic heterocycles. The minimum atomic E-state index is -0.629. The van der Waals surface area contributed by atoms with Gasteiger partial charge in [0.25, 0.3) is 0 Å². The van der Waals surface area contributed by atoms with E-state index in [-0.39, 0.29) is 12.5 Å². The zero-order chi connectivity index (χ0) is 12.4. The Morgan fingerprint density at radius 2 is 2.12 bits per heavy atom. The molecule has 0 saturated carbocycles. The number of methoxy groups -OCH3 is 1. The van der Waals surface area contributed by atoms with Gasteiger partial charge in [-0.3, -0.25) is 4.79 Å². The van der Waals surface area contributed by atoms with Gasteiger partial charge in [0.1, 0.15) is 0 Å². The van der Waals surface area contributed by atoms with Crippen LogP contribution in [0.5, 0.6) is 0 Å². The lowest BCUT2D eigenvalue weighted by atomic mass is 10.3. The van der Waals surface area contributed by atoms with Crippen molar-refractivity contribution in [1.29, 1.82) is 0 Å². The molecule has 1 unspecified atom stereocenters. The molecule has 0 aliphatic heterocycles. The molecule has 0 radical (unpaired) electrons. The molecule has 1 N–H and O–H groups in total. The Balaban J connectivity index is 3.64. The Bertz CT molecular complexity index is 187. The molecule has 0 fully saturated rings. The van der Waals surface area contributed by atoms with Crippen LogP contribution in [0.2, 0.25) is 0 Å². The third-order valence-corrected chi connectivity index (χ3v) is 2.08. The van der Waals surface area contributed by atoms with Crippen LogP contribution in [0, 0.1) is 0 Å². The van der Waals surface area contributed by atoms with Crippen LogP contribution in [0.25, 0.3) is 0 Å². The van der Waals surface area contributed by atoms with Gasteiger partial charge in [0, 0.05) is 27.3 Å². The number of nitrogens with zero attached hydrogens (tertiary/aromatic N) is 1.